The van der Waals surface area contributed by atoms with E-state index in [1.165, 1.54) is 16.7 Å². The number of benzene rings is 2. The van der Waals surface area contributed by atoms with Crippen molar-refractivity contribution < 1.29 is 4.79 Å². The molecule has 1 aliphatic rings. The number of rotatable bonds is 2. The van der Waals surface area contributed by atoms with Crippen molar-refractivity contribution in [2.45, 2.75) is 6.92 Å². The molecule has 2 aromatic rings. The van der Waals surface area contributed by atoms with Gasteiger partial charge < -0.3 is 0 Å². The van der Waals surface area contributed by atoms with Gasteiger partial charge in [-0.2, -0.15) is 0 Å². The molecule has 1 aliphatic heterocycles. The third-order valence-electron chi connectivity index (χ3n) is 3.25. The first-order valence-corrected chi connectivity index (χ1v) is 8.30. The molecular weight excluding hydrogens is 360 g/mol. The summed E-state index contributed by atoms with van der Waals surface area (Å²) >= 11 is 4.58. The van der Waals surface area contributed by atoms with E-state index in [-0.39, 0.29) is 11.1 Å². The lowest BCUT2D eigenvalue weighted by molar-refractivity contribution is -0.113. The maximum absolute atomic E-state index is 12.6. The number of aryl methyl sites for hydroxylation is 1. The van der Waals surface area contributed by atoms with Gasteiger partial charge in [-0.05, 0) is 60.2 Å². The largest absolute Gasteiger partial charge is 0.278 e. The van der Waals surface area contributed by atoms with Crippen molar-refractivity contribution >= 4 is 50.5 Å². The minimum atomic E-state index is -0.150. The van der Waals surface area contributed by atoms with Crippen molar-refractivity contribution in [3.8, 4) is 0 Å². The molecular formula is C17H13BrN2OS. The Balaban J connectivity index is 1.93. The van der Waals surface area contributed by atoms with E-state index in [0.717, 1.165) is 21.3 Å². The molecule has 1 fully saturated rings. The molecule has 0 atom stereocenters. The van der Waals surface area contributed by atoms with E-state index in [4.69, 9.17) is 5.41 Å². The molecule has 3 rings (SSSR count). The molecule has 3 nitrogen and oxygen atoms in total. The number of carbonyl (C=O) groups is 1. The molecule has 110 valence electrons. The number of thioether (sulfide) groups is 1. The van der Waals surface area contributed by atoms with E-state index in [9.17, 15) is 4.79 Å². The number of nitrogens with zero attached hydrogens (tertiary/aromatic N) is 1. The first kappa shape index (κ1) is 15.1. The first-order chi connectivity index (χ1) is 10.5. The van der Waals surface area contributed by atoms with Crippen molar-refractivity contribution in [1.82, 2.24) is 0 Å². The van der Waals surface area contributed by atoms with Crippen LogP contribution in [0.3, 0.4) is 0 Å². The second kappa shape index (κ2) is 6.10. The molecule has 1 saturated heterocycles. The molecule has 0 saturated carbocycles. The van der Waals surface area contributed by atoms with Gasteiger partial charge in [0.25, 0.3) is 5.91 Å². The van der Waals surface area contributed by atoms with E-state index in [1.807, 2.05) is 61.5 Å². The summed E-state index contributed by atoms with van der Waals surface area (Å²) in [5.41, 5.74) is 2.74. The van der Waals surface area contributed by atoms with E-state index < -0.39 is 0 Å². The van der Waals surface area contributed by atoms with Gasteiger partial charge in [-0.1, -0.05) is 40.2 Å². The lowest BCUT2D eigenvalue weighted by Crippen LogP contribution is -2.28. The Morgan fingerprint density at radius 1 is 1.18 bits per heavy atom. The lowest BCUT2D eigenvalue weighted by atomic mass is 10.2. The van der Waals surface area contributed by atoms with Crippen LogP contribution in [0.25, 0.3) is 6.08 Å². The van der Waals surface area contributed by atoms with Crippen LogP contribution in [0, 0.1) is 12.3 Å². The number of carbonyl (C=O) groups excluding carboxylic acids is 1. The fourth-order valence-electron chi connectivity index (χ4n) is 2.20. The number of hydrogen-bond donors (Lipinski definition) is 1. The van der Waals surface area contributed by atoms with Crippen molar-refractivity contribution in [1.29, 1.82) is 5.41 Å². The Morgan fingerprint density at radius 3 is 2.59 bits per heavy atom. The van der Waals surface area contributed by atoms with Crippen LogP contribution < -0.4 is 4.90 Å². The predicted molar refractivity (Wildman–Crippen MR) is 96.1 cm³/mol. The average molecular weight is 373 g/mol. The van der Waals surface area contributed by atoms with Crippen LogP contribution in [0.4, 0.5) is 5.69 Å². The van der Waals surface area contributed by atoms with Gasteiger partial charge in [-0.25, -0.2) is 0 Å². The number of anilines is 1. The summed E-state index contributed by atoms with van der Waals surface area (Å²) in [7, 11) is 0. The van der Waals surface area contributed by atoms with Gasteiger partial charge in [0.2, 0.25) is 0 Å². The number of nitrogens with one attached hydrogen (secondary N) is 1. The zero-order chi connectivity index (χ0) is 15.7. The van der Waals surface area contributed by atoms with Gasteiger partial charge >= 0.3 is 0 Å². The van der Waals surface area contributed by atoms with Crippen LogP contribution in [0.2, 0.25) is 0 Å². The van der Waals surface area contributed by atoms with Crippen LogP contribution >= 0.6 is 27.7 Å². The molecule has 0 spiro atoms. The zero-order valence-electron chi connectivity index (χ0n) is 11.8. The molecule has 22 heavy (non-hydrogen) atoms. The summed E-state index contributed by atoms with van der Waals surface area (Å²) in [6.45, 7) is 1.97. The van der Waals surface area contributed by atoms with Gasteiger partial charge in [0.1, 0.15) is 0 Å². The van der Waals surface area contributed by atoms with E-state index in [2.05, 4.69) is 15.9 Å². The molecule has 0 unspecified atom stereocenters. The van der Waals surface area contributed by atoms with E-state index in [1.54, 1.807) is 0 Å². The summed E-state index contributed by atoms with van der Waals surface area (Å²) < 4.78 is 0.995. The van der Waals surface area contributed by atoms with E-state index >= 15 is 0 Å². The monoisotopic (exact) mass is 372 g/mol. The summed E-state index contributed by atoms with van der Waals surface area (Å²) in [5.74, 6) is -0.150. The van der Waals surface area contributed by atoms with Gasteiger partial charge in [-0.3, -0.25) is 15.1 Å². The summed E-state index contributed by atoms with van der Waals surface area (Å²) in [6.07, 6.45) is 1.82. The number of amidine groups is 1. The third-order valence-corrected chi connectivity index (χ3v) is 4.67. The van der Waals surface area contributed by atoms with Gasteiger partial charge in [0, 0.05) is 4.47 Å². The highest BCUT2D eigenvalue weighted by Gasteiger charge is 2.33. The maximum atomic E-state index is 12.6. The predicted octanol–water partition coefficient (Wildman–Crippen LogP) is 4.81. The number of halogens is 1. The molecule has 2 aromatic carbocycles. The van der Waals surface area contributed by atoms with Crippen molar-refractivity contribution in [2.75, 3.05) is 4.90 Å². The zero-order valence-corrected chi connectivity index (χ0v) is 14.2. The van der Waals surface area contributed by atoms with Gasteiger partial charge in [0.15, 0.2) is 5.17 Å². The Bertz CT molecular complexity index is 784. The molecule has 1 N–H and O–H groups in total. The second-order valence-corrected chi connectivity index (χ2v) is 6.89. The third kappa shape index (κ3) is 3.00. The second-order valence-electron chi connectivity index (χ2n) is 4.95. The Kier molecular flexibility index (Phi) is 4.18. The minimum Gasteiger partial charge on any atom is -0.278 e. The Hall–Kier alpha value is -1.85. The average Bonchev–Trinajstić information content (AvgIpc) is 2.76. The quantitative estimate of drug-likeness (QED) is 0.768. The fourth-order valence-corrected chi connectivity index (χ4v) is 3.32. The first-order valence-electron chi connectivity index (χ1n) is 6.69. The molecule has 0 bridgehead atoms. The fraction of sp³-hybridized carbons (Fsp3) is 0.0588. The number of hydrogen-bond acceptors (Lipinski definition) is 3. The summed E-state index contributed by atoms with van der Waals surface area (Å²) in [5, 5.41) is 8.33. The smallest absolute Gasteiger partial charge is 0.271 e. The molecule has 0 radical (unpaired) electrons. The van der Waals surface area contributed by atoms with Crippen molar-refractivity contribution in [2.24, 2.45) is 0 Å². The Labute approximate surface area is 141 Å². The van der Waals surface area contributed by atoms with Crippen LogP contribution in [0.1, 0.15) is 11.1 Å². The van der Waals surface area contributed by atoms with Crippen LogP contribution in [0.15, 0.2) is 57.9 Å². The van der Waals surface area contributed by atoms with Crippen molar-refractivity contribution in [3.63, 3.8) is 0 Å². The van der Waals surface area contributed by atoms with Crippen molar-refractivity contribution in [3.05, 3.63) is 69.0 Å². The normalized spacial score (nSPS) is 16.6. The summed E-state index contributed by atoms with van der Waals surface area (Å²) in [4.78, 5) is 14.6. The van der Waals surface area contributed by atoms with E-state index in [0.29, 0.717) is 4.91 Å². The molecule has 0 aromatic heterocycles. The van der Waals surface area contributed by atoms with Crippen LogP contribution in [-0.4, -0.2) is 11.1 Å². The topological polar surface area (TPSA) is 44.2 Å². The SMILES string of the molecule is Cc1cccc(N2C(=N)S/C(=C\c3ccc(Br)cc3)C2=O)c1. The molecule has 1 heterocycles. The standard InChI is InChI=1S/C17H13BrN2OS/c1-11-3-2-4-14(9-11)20-16(21)15(22-17(20)19)10-12-5-7-13(18)8-6-12/h2-10,19H,1H3/b15-10-,19-17?. The van der Waals surface area contributed by atoms with Crippen LogP contribution in [0.5, 0.6) is 0 Å². The lowest BCUT2D eigenvalue weighted by Gasteiger charge is -2.14. The highest BCUT2D eigenvalue weighted by Crippen LogP contribution is 2.35. The molecule has 1 amide bonds. The minimum absolute atomic E-state index is 0.150. The highest BCUT2D eigenvalue weighted by atomic mass is 79.9. The van der Waals surface area contributed by atoms with Crippen LogP contribution in [-0.2, 0) is 4.79 Å². The molecule has 0 aliphatic carbocycles. The maximum Gasteiger partial charge on any atom is 0.271 e. The van der Waals surface area contributed by atoms with Gasteiger partial charge in [0.05, 0.1) is 10.6 Å². The summed E-state index contributed by atoms with van der Waals surface area (Å²) in [6, 6.07) is 15.4. The highest BCUT2D eigenvalue weighted by molar-refractivity contribution is 9.10. The number of amides is 1. The van der Waals surface area contributed by atoms with Gasteiger partial charge in [-0.15, -0.1) is 0 Å². The Morgan fingerprint density at radius 2 is 1.91 bits per heavy atom. The molecule has 5 heteroatoms.